The molecule has 2 unspecified atom stereocenters. The largest absolute Gasteiger partial charge is 0.316 e. The lowest BCUT2D eigenvalue weighted by molar-refractivity contribution is 0.529. The molecule has 0 radical (unpaired) electrons. The van der Waals surface area contributed by atoms with Crippen LogP contribution in [0.15, 0.2) is 29.6 Å². The number of nitrogens with one attached hydrogen (secondary N) is 1. The Balaban J connectivity index is 0.00000128. The van der Waals surface area contributed by atoms with Gasteiger partial charge in [-0.1, -0.05) is 11.2 Å². The molecule has 2 rings (SSSR count). The molecular formula is C10H15Cl2N5. The van der Waals surface area contributed by atoms with E-state index in [-0.39, 0.29) is 24.8 Å². The van der Waals surface area contributed by atoms with E-state index in [9.17, 15) is 0 Å². The lowest BCUT2D eigenvalue weighted by Crippen LogP contribution is -2.13. The Bertz CT molecular complexity index is 366. The zero-order valence-electron chi connectivity index (χ0n) is 9.19. The second-order valence-electron chi connectivity index (χ2n) is 3.72. The summed E-state index contributed by atoms with van der Waals surface area (Å²) in [5, 5.41) is 6.97. The van der Waals surface area contributed by atoms with Crippen molar-refractivity contribution in [2.75, 3.05) is 19.6 Å². The summed E-state index contributed by atoms with van der Waals surface area (Å²) >= 11 is 0. The summed E-state index contributed by atoms with van der Waals surface area (Å²) in [6, 6.07) is 4.02. The van der Waals surface area contributed by atoms with E-state index >= 15 is 0 Å². The summed E-state index contributed by atoms with van der Waals surface area (Å²) in [5.41, 5.74) is 9.53. The van der Waals surface area contributed by atoms with E-state index in [0.29, 0.717) is 18.4 Å². The maximum Gasteiger partial charge on any atom is 0.0304 e. The fraction of sp³-hybridized carbons (Fsp3) is 0.500. The first-order chi connectivity index (χ1) is 7.42. The highest BCUT2D eigenvalue weighted by atomic mass is 35.5. The molecule has 94 valence electrons. The van der Waals surface area contributed by atoms with Crippen LogP contribution in [0.5, 0.6) is 0 Å². The molecule has 7 heteroatoms. The molecule has 1 aliphatic rings. The molecule has 0 amide bonds. The average molecular weight is 276 g/mol. The van der Waals surface area contributed by atoms with Crippen molar-refractivity contribution < 1.29 is 0 Å². The van der Waals surface area contributed by atoms with Crippen LogP contribution < -0.4 is 5.32 Å². The maximum atomic E-state index is 8.31. The molecule has 2 heterocycles. The molecule has 2 atom stereocenters. The number of hydrogen-bond donors (Lipinski definition) is 1. The van der Waals surface area contributed by atoms with Crippen LogP contribution in [0.1, 0.15) is 11.5 Å². The van der Waals surface area contributed by atoms with Crippen LogP contribution in [-0.2, 0) is 0 Å². The fourth-order valence-electron chi connectivity index (χ4n) is 2.05. The molecule has 1 aromatic heterocycles. The van der Waals surface area contributed by atoms with E-state index in [0.717, 1.165) is 13.1 Å². The van der Waals surface area contributed by atoms with E-state index in [1.807, 2.05) is 12.3 Å². The number of nitrogens with zero attached hydrogens (tertiary/aromatic N) is 4. The molecule has 5 nitrogen and oxygen atoms in total. The third kappa shape index (κ3) is 4.06. The zero-order valence-corrected chi connectivity index (χ0v) is 10.8. The van der Waals surface area contributed by atoms with Crippen LogP contribution in [0.2, 0.25) is 0 Å². The van der Waals surface area contributed by atoms with Crippen molar-refractivity contribution in [2.24, 2.45) is 11.0 Å². The SMILES string of the molecule is Cl.Cl.[N-]=[N+]=NCC1CNCC1c1cccnc1. The molecule has 1 saturated heterocycles. The van der Waals surface area contributed by atoms with Gasteiger partial charge in [0.2, 0.25) is 0 Å². The highest BCUT2D eigenvalue weighted by Crippen LogP contribution is 2.27. The Hall–Kier alpha value is -1.00. The molecule has 1 aromatic rings. The Morgan fingerprint density at radius 2 is 2.29 bits per heavy atom. The lowest BCUT2D eigenvalue weighted by atomic mass is 9.90. The number of halogens is 2. The van der Waals surface area contributed by atoms with Crippen LogP contribution >= 0.6 is 24.8 Å². The Morgan fingerprint density at radius 1 is 1.47 bits per heavy atom. The summed E-state index contributed by atoms with van der Waals surface area (Å²) < 4.78 is 0. The van der Waals surface area contributed by atoms with Crippen molar-refractivity contribution in [3.8, 4) is 0 Å². The van der Waals surface area contributed by atoms with Crippen molar-refractivity contribution in [1.82, 2.24) is 10.3 Å². The van der Waals surface area contributed by atoms with Gasteiger partial charge in [0.25, 0.3) is 0 Å². The summed E-state index contributed by atoms with van der Waals surface area (Å²) in [5.74, 6) is 0.814. The topological polar surface area (TPSA) is 73.7 Å². The number of pyridine rings is 1. The number of hydrogen-bond acceptors (Lipinski definition) is 3. The van der Waals surface area contributed by atoms with Gasteiger partial charge in [0, 0.05) is 36.3 Å². The first-order valence-electron chi connectivity index (χ1n) is 5.03. The smallest absolute Gasteiger partial charge is 0.0304 e. The van der Waals surface area contributed by atoms with Gasteiger partial charge in [0.1, 0.15) is 0 Å². The van der Waals surface area contributed by atoms with Crippen molar-refractivity contribution in [3.05, 3.63) is 40.5 Å². The summed E-state index contributed by atoms with van der Waals surface area (Å²) in [6.45, 7) is 2.42. The molecule has 17 heavy (non-hydrogen) atoms. The molecule has 0 bridgehead atoms. The molecule has 1 fully saturated rings. The minimum atomic E-state index is 0. The van der Waals surface area contributed by atoms with Gasteiger partial charge in [0.05, 0.1) is 0 Å². The van der Waals surface area contributed by atoms with Crippen molar-refractivity contribution in [2.45, 2.75) is 5.92 Å². The van der Waals surface area contributed by atoms with Gasteiger partial charge < -0.3 is 5.32 Å². The van der Waals surface area contributed by atoms with Gasteiger partial charge in [-0.2, -0.15) is 0 Å². The number of rotatable bonds is 3. The predicted molar refractivity (Wildman–Crippen MR) is 71.8 cm³/mol. The van der Waals surface area contributed by atoms with E-state index in [4.69, 9.17) is 5.53 Å². The second-order valence-corrected chi connectivity index (χ2v) is 3.72. The molecule has 1 aliphatic heterocycles. The fourth-order valence-corrected chi connectivity index (χ4v) is 2.05. The van der Waals surface area contributed by atoms with Gasteiger partial charge in [-0.3, -0.25) is 4.98 Å². The van der Waals surface area contributed by atoms with Gasteiger partial charge in [-0.15, -0.1) is 24.8 Å². The standard InChI is InChI=1S/C10H13N5.2ClH/c11-15-14-6-9-5-13-7-10(9)8-2-1-3-12-4-8;;/h1-4,9-10,13H,5-7H2;2*1H. The summed E-state index contributed by atoms with van der Waals surface area (Å²) in [6.07, 6.45) is 3.66. The zero-order chi connectivity index (χ0) is 10.5. The predicted octanol–water partition coefficient (Wildman–Crippen LogP) is 2.54. The highest BCUT2D eigenvalue weighted by Gasteiger charge is 2.27. The van der Waals surface area contributed by atoms with E-state index in [1.54, 1.807) is 6.20 Å². The van der Waals surface area contributed by atoms with Crippen LogP contribution in [-0.4, -0.2) is 24.6 Å². The average Bonchev–Trinajstić information content (AvgIpc) is 2.75. The molecule has 0 spiro atoms. The minimum Gasteiger partial charge on any atom is -0.316 e. The first-order valence-corrected chi connectivity index (χ1v) is 5.03. The Kier molecular flexibility index (Phi) is 7.66. The van der Waals surface area contributed by atoms with Crippen LogP contribution in [0, 0.1) is 5.92 Å². The molecule has 0 aliphatic carbocycles. The monoisotopic (exact) mass is 275 g/mol. The summed E-state index contributed by atoms with van der Waals surface area (Å²) in [4.78, 5) is 6.92. The number of azide groups is 1. The molecule has 0 aromatic carbocycles. The van der Waals surface area contributed by atoms with E-state index in [2.05, 4.69) is 26.4 Å². The van der Waals surface area contributed by atoms with Crippen LogP contribution in [0.25, 0.3) is 10.4 Å². The molecule has 1 N–H and O–H groups in total. The quantitative estimate of drug-likeness (QED) is 0.523. The lowest BCUT2D eigenvalue weighted by Gasteiger charge is -2.15. The van der Waals surface area contributed by atoms with Gasteiger partial charge in [0.15, 0.2) is 0 Å². The highest BCUT2D eigenvalue weighted by molar-refractivity contribution is 5.85. The number of aromatic nitrogens is 1. The molecular weight excluding hydrogens is 261 g/mol. The van der Waals surface area contributed by atoms with Gasteiger partial charge in [-0.25, -0.2) is 0 Å². The third-order valence-electron chi connectivity index (χ3n) is 2.83. The van der Waals surface area contributed by atoms with Crippen molar-refractivity contribution in [3.63, 3.8) is 0 Å². The normalized spacial score (nSPS) is 21.9. The van der Waals surface area contributed by atoms with E-state index < -0.39 is 0 Å². The van der Waals surface area contributed by atoms with Crippen LogP contribution in [0.4, 0.5) is 0 Å². The molecule has 0 saturated carbocycles. The summed E-state index contributed by atoms with van der Waals surface area (Å²) in [7, 11) is 0. The van der Waals surface area contributed by atoms with Crippen molar-refractivity contribution >= 4 is 24.8 Å². The van der Waals surface area contributed by atoms with Gasteiger partial charge in [-0.05, 0) is 29.6 Å². The van der Waals surface area contributed by atoms with Crippen LogP contribution in [0.3, 0.4) is 0 Å². The van der Waals surface area contributed by atoms with Gasteiger partial charge >= 0.3 is 0 Å². The third-order valence-corrected chi connectivity index (χ3v) is 2.83. The minimum absolute atomic E-state index is 0. The van der Waals surface area contributed by atoms with E-state index in [1.165, 1.54) is 5.56 Å². The first kappa shape index (κ1) is 16.0. The second kappa shape index (κ2) is 8.14. The Labute approximate surface area is 112 Å². The van der Waals surface area contributed by atoms with Crippen molar-refractivity contribution in [1.29, 1.82) is 0 Å². The maximum absolute atomic E-state index is 8.31. The Morgan fingerprint density at radius 3 is 2.94 bits per heavy atom.